The number of carbonyl (C=O) groups excluding carboxylic acids is 2. The van der Waals surface area contributed by atoms with Crippen molar-refractivity contribution in [1.82, 2.24) is 0 Å². The van der Waals surface area contributed by atoms with Crippen LogP contribution in [-0.2, 0) is 23.8 Å². The lowest BCUT2D eigenvalue weighted by Gasteiger charge is -2.29. The zero-order chi connectivity index (χ0) is 17.5. The summed E-state index contributed by atoms with van der Waals surface area (Å²) in [6, 6.07) is 6.15. The number of halogens is 1. The second-order valence-electron chi connectivity index (χ2n) is 5.11. The summed E-state index contributed by atoms with van der Waals surface area (Å²) in [4.78, 5) is 22.1. The molecule has 0 radical (unpaired) electrons. The highest BCUT2D eigenvalue weighted by atomic mass is 19.1. The standard InChI is InChI=1S/C18H17FO5/c1-12(20)22-11-18-17(23-13(2)21)10-9-15(24-18)8-7-14-5-3-4-6-16(14)19/h3-6,9-10,15,17-18H,11H2,1-2H3/t15-,17-,18-/m1/s1. The smallest absolute Gasteiger partial charge is 0.303 e. The fourth-order valence-corrected chi connectivity index (χ4v) is 2.08. The van der Waals surface area contributed by atoms with E-state index in [9.17, 15) is 14.0 Å². The van der Waals surface area contributed by atoms with Crippen LogP contribution in [0.1, 0.15) is 19.4 Å². The van der Waals surface area contributed by atoms with Crippen molar-refractivity contribution >= 4 is 11.9 Å². The zero-order valence-corrected chi connectivity index (χ0v) is 13.3. The molecule has 0 fully saturated rings. The molecule has 24 heavy (non-hydrogen) atoms. The van der Waals surface area contributed by atoms with E-state index in [1.165, 1.54) is 19.9 Å². The van der Waals surface area contributed by atoms with E-state index in [2.05, 4.69) is 11.8 Å². The second-order valence-corrected chi connectivity index (χ2v) is 5.11. The molecule has 0 aromatic heterocycles. The Labute approximate surface area is 139 Å². The van der Waals surface area contributed by atoms with Crippen LogP contribution in [0.5, 0.6) is 0 Å². The van der Waals surface area contributed by atoms with Crippen molar-refractivity contribution in [3.8, 4) is 11.8 Å². The first-order chi connectivity index (χ1) is 11.5. The fourth-order valence-electron chi connectivity index (χ4n) is 2.08. The predicted octanol–water partition coefficient (Wildman–Crippen LogP) is 2.00. The Balaban J connectivity index is 2.11. The summed E-state index contributed by atoms with van der Waals surface area (Å²) in [6.45, 7) is 2.48. The number of hydrogen-bond acceptors (Lipinski definition) is 5. The Morgan fingerprint density at radius 3 is 2.62 bits per heavy atom. The van der Waals surface area contributed by atoms with E-state index in [4.69, 9.17) is 14.2 Å². The van der Waals surface area contributed by atoms with Crippen molar-refractivity contribution in [3.63, 3.8) is 0 Å². The van der Waals surface area contributed by atoms with E-state index in [0.29, 0.717) is 0 Å². The van der Waals surface area contributed by atoms with E-state index in [0.717, 1.165) is 0 Å². The summed E-state index contributed by atoms with van der Waals surface area (Å²) in [7, 11) is 0. The lowest BCUT2D eigenvalue weighted by molar-refractivity contribution is -0.161. The van der Waals surface area contributed by atoms with Crippen molar-refractivity contribution < 1.29 is 28.2 Å². The molecule has 1 heterocycles. The van der Waals surface area contributed by atoms with Crippen molar-refractivity contribution in [2.75, 3.05) is 6.61 Å². The highest BCUT2D eigenvalue weighted by molar-refractivity contribution is 5.67. The molecule has 0 aliphatic carbocycles. The average molecular weight is 332 g/mol. The molecule has 0 N–H and O–H groups in total. The van der Waals surface area contributed by atoms with Crippen LogP contribution in [0.2, 0.25) is 0 Å². The lowest BCUT2D eigenvalue weighted by Crippen LogP contribution is -2.41. The van der Waals surface area contributed by atoms with Gasteiger partial charge < -0.3 is 14.2 Å². The molecule has 0 saturated heterocycles. The van der Waals surface area contributed by atoms with Crippen molar-refractivity contribution in [3.05, 3.63) is 47.8 Å². The molecule has 0 saturated carbocycles. The van der Waals surface area contributed by atoms with Crippen LogP contribution in [0.3, 0.4) is 0 Å². The molecule has 1 aromatic carbocycles. The van der Waals surface area contributed by atoms with Crippen LogP contribution in [0.15, 0.2) is 36.4 Å². The molecule has 6 heteroatoms. The molecule has 5 nitrogen and oxygen atoms in total. The van der Waals surface area contributed by atoms with E-state index in [1.807, 2.05) is 0 Å². The third-order valence-corrected chi connectivity index (χ3v) is 3.14. The van der Waals surface area contributed by atoms with Gasteiger partial charge in [-0.15, -0.1) is 0 Å². The van der Waals surface area contributed by atoms with Gasteiger partial charge >= 0.3 is 11.9 Å². The predicted molar refractivity (Wildman–Crippen MR) is 83.3 cm³/mol. The third-order valence-electron chi connectivity index (χ3n) is 3.14. The van der Waals surface area contributed by atoms with Gasteiger partial charge in [-0.25, -0.2) is 4.39 Å². The highest BCUT2D eigenvalue weighted by Crippen LogP contribution is 2.17. The van der Waals surface area contributed by atoms with Crippen LogP contribution in [-0.4, -0.2) is 36.9 Å². The summed E-state index contributed by atoms with van der Waals surface area (Å²) < 4.78 is 29.3. The molecule has 0 amide bonds. The van der Waals surface area contributed by atoms with Crippen molar-refractivity contribution in [2.24, 2.45) is 0 Å². The third kappa shape index (κ3) is 5.21. The Morgan fingerprint density at radius 1 is 1.21 bits per heavy atom. The van der Waals surface area contributed by atoms with Crippen LogP contribution in [0, 0.1) is 17.7 Å². The molecule has 3 atom stereocenters. The number of ether oxygens (including phenoxy) is 3. The zero-order valence-electron chi connectivity index (χ0n) is 13.3. The normalized spacial score (nSPS) is 22.2. The summed E-state index contributed by atoms with van der Waals surface area (Å²) in [5, 5.41) is 0. The summed E-state index contributed by atoms with van der Waals surface area (Å²) in [5.41, 5.74) is 0.258. The van der Waals surface area contributed by atoms with Gasteiger partial charge in [0.1, 0.15) is 30.7 Å². The largest absolute Gasteiger partial charge is 0.463 e. The van der Waals surface area contributed by atoms with Crippen molar-refractivity contribution in [2.45, 2.75) is 32.2 Å². The Hall–Kier alpha value is -2.65. The Morgan fingerprint density at radius 2 is 1.96 bits per heavy atom. The molecule has 1 aliphatic rings. The van der Waals surface area contributed by atoms with Gasteiger partial charge in [0.25, 0.3) is 0 Å². The van der Waals surface area contributed by atoms with Gasteiger partial charge in [-0.05, 0) is 24.3 Å². The fraction of sp³-hybridized carbons (Fsp3) is 0.333. The Bertz CT molecular complexity index is 701. The molecular weight excluding hydrogens is 315 g/mol. The molecule has 1 aromatic rings. The number of esters is 2. The number of benzene rings is 1. The van der Waals surface area contributed by atoms with Gasteiger partial charge in [-0.3, -0.25) is 9.59 Å². The van der Waals surface area contributed by atoms with E-state index >= 15 is 0 Å². The van der Waals surface area contributed by atoms with Gasteiger partial charge in [-0.2, -0.15) is 0 Å². The summed E-state index contributed by atoms with van der Waals surface area (Å²) in [5.74, 6) is 4.14. The SMILES string of the molecule is CC(=O)OC[C@H]1O[C@H](C#Cc2ccccc2F)C=C[C@H]1OC(C)=O. The van der Waals surface area contributed by atoms with Gasteiger partial charge in [0.2, 0.25) is 0 Å². The van der Waals surface area contributed by atoms with Gasteiger partial charge in [0.05, 0.1) is 5.56 Å². The molecule has 1 aliphatic heterocycles. The van der Waals surface area contributed by atoms with Crippen LogP contribution in [0.25, 0.3) is 0 Å². The molecule has 0 bridgehead atoms. The minimum absolute atomic E-state index is 0.0739. The molecule has 0 unspecified atom stereocenters. The minimum atomic E-state index is -0.678. The maximum Gasteiger partial charge on any atom is 0.303 e. The molecule has 2 rings (SSSR count). The van der Waals surface area contributed by atoms with E-state index < -0.39 is 36.1 Å². The first-order valence-corrected chi connectivity index (χ1v) is 7.36. The topological polar surface area (TPSA) is 61.8 Å². The molecule has 0 spiro atoms. The van der Waals surface area contributed by atoms with E-state index in [-0.39, 0.29) is 12.2 Å². The van der Waals surface area contributed by atoms with Crippen LogP contribution < -0.4 is 0 Å². The second kappa shape index (κ2) is 8.27. The molecule has 126 valence electrons. The van der Waals surface area contributed by atoms with Crippen LogP contribution >= 0.6 is 0 Å². The number of hydrogen-bond donors (Lipinski definition) is 0. The lowest BCUT2D eigenvalue weighted by atomic mass is 10.1. The summed E-state index contributed by atoms with van der Waals surface area (Å²) >= 11 is 0. The summed E-state index contributed by atoms with van der Waals surface area (Å²) in [6.07, 6.45) is 1.26. The maximum atomic E-state index is 13.6. The first-order valence-electron chi connectivity index (χ1n) is 7.36. The highest BCUT2D eigenvalue weighted by Gasteiger charge is 2.30. The van der Waals surface area contributed by atoms with E-state index in [1.54, 1.807) is 30.4 Å². The molecular formula is C18H17FO5. The minimum Gasteiger partial charge on any atom is -0.463 e. The quantitative estimate of drug-likeness (QED) is 0.481. The Kier molecular flexibility index (Phi) is 6.10. The average Bonchev–Trinajstić information content (AvgIpc) is 2.53. The van der Waals surface area contributed by atoms with Crippen molar-refractivity contribution in [1.29, 1.82) is 0 Å². The van der Waals surface area contributed by atoms with Crippen LogP contribution in [0.4, 0.5) is 4.39 Å². The first kappa shape index (κ1) is 17.7. The van der Waals surface area contributed by atoms with Gasteiger partial charge in [0, 0.05) is 13.8 Å². The number of carbonyl (C=O) groups is 2. The van der Waals surface area contributed by atoms with Gasteiger partial charge in [-0.1, -0.05) is 24.0 Å². The number of rotatable bonds is 3. The maximum absolute atomic E-state index is 13.6. The monoisotopic (exact) mass is 332 g/mol. The van der Waals surface area contributed by atoms with Gasteiger partial charge in [0.15, 0.2) is 0 Å².